The van der Waals surface area contributed by atoms with Gasteiger partial charge in [0.2, 0.25) is 0 Å². The van der Waals surface area contributed by atoms with Crippen LogP contribution in [-0.4, -0.2) is 16.9 Å². The molecular weight excluding hydrogens is 300 g/mol. The number of carboxylic acid groups (broad SMARTS) is 1. The molecular formula is C21H16O3. The largest absolute Gasteiger partial charge is 0.478 e. The number of carbonyl (C=O) groups excluding carboxylic acids is 1. The molecule has 0 aliphatic carbocycles. The average molecular weight is 316 g/mol. The van der Waals surface area contributed by atoms with Crippen LogP contribution >= 0.6 is 0 Å². The highest BCUT2D eigenvalue weighted by atomic mass is 16.4. The lowest BCUT2D eigenvalue weighted by Crippen LogP contribution is -2.10. The number of hydrogen-bond donors (Lipinski definition) is 1. The zero-order valence-electron chi connectivity index (χ0n) is 13.0. The number of carbonyl (C=O) groups is 2. The van der Waals surface area contributed by atoms with Gasteiger partial charge >= 0.3 is 5.97 Å². The van der Waals surface area contributed by atoms with E-state index in [9.17, 15) is 14.7 Å². The van der Waals surface area contributed by atoms with Gasteiger partial charge in [-0.25, -0.2) is 4.79 Å². The van der Waals surface area contributed by atoms with Crippen molar-refractivity contribution in [1.29, 1.82) is 0 Å². The maximum Gasteiger partial charge on any atom is 0.336 e. The Kier molecular flexibility index (Phi) is 4.52. The topological polar surface area (TPSA) is 54.4 Å². The molecule has 0 fully saturated rings. The van der Waals surface area contributed by atoms with Crippen LogP contribution < -0.4 is 0 Å². The van der Waals surface area contributed by atoms with Gasteiger partial charge in [0.05, 0.1) is 5.56 Å². The molecule has 0 heterocycles. The van der Waals surface area contributed by atoms with E-state index in [0.717, 1.165) is 16.7 Å². The van der Waals surface area contributed by atoms with E-state index >= 15 is 0 Å². The molecule has 0 atom stereocenters. The second-order valence-electron chi connectivity index (χ2n) is 5.51. The number of benzene rings is 3. The molecule has 0 aromatic heterocycles. The van der Waals surface area contributed by atoms with Crippen LogP contribution in [-0.2, 0) is 6.42 Å². The number of aromatic carboxylic acids is 1. The van der Waals surface area contributed by atoms with Gasteiger partial charge in [-0.05, 0) is 22.8 Å². The van der Waals surface area contributed by atoms with Crippen LogP contribution in [0.25, 0.3) is 11.1 Å². The fraction of sp³-hybridized carbons (Fsp3) is 0.0476. The van der Waals surface area contributed by atoms with E-state index in [1.165, 1.54) is 6.07 Å². The van der Waals surface area contributed by atoms with Crippen LogP contribution in [0.1, 0.15) is 26.3 Å². The Morgan fingerprint density at radius 1 is 0.667 bits per heavy atom. The third-order valence-electron chi connectivity index (χ3n) is 3.88. The normalized spacial score (nSPS) is 10.3. The van der Waals surface area contributed by atoms with Gasteiger partial charge < -0.3 is 5.11 Å². The van der Waals surface area contributed by atoms with E-state index in [-0.39, 0.29) is 23.3 Å². The van der Waals surface area contributed by atoms with Crippen molar-refractivity contribution < 1.29 is 14.7 Å². The van der Waals surface area contributed by atoms with E-state index in [1.54, 1.807) is 18.2 Å². The Balaban J connectivity index is 1.80. The smallest absolute Gasteiger partial charge is 0.336 e. The van der Waals surface area contributed by atoms with Gasteiger partial charge in [0.25, 0.3) is 0 Å². The summed E-state index contributed by atoms with van der Waals surface area (Å²) in [5, 5.41) is 9.19. The summed E-state index contributed by atoms with van der Waals surface area (Å²) in [4.78, 5) is 23.7. The molecule has 3 aromatic carbocycles. The quantitative estimate of drug-likeness (QED) is 0.706. The third-order valence-corrected chi connectivity index (χ3v) is 3.88. The minimum Gasteiger partial charge on any atom is -0.478 e. The minimum atomic E-state index is -1.08. The fourth-order valence-corrected chi connectivity index (χ4v) is 2.64. The SMILES string of the molecule is O=C(O)c1ccccc1C(=O)Cc1ccc(-c2ccccc2)cc1. The second kappa shape index (κ2) is 6.92. The summed E-state index contributed by atoms with van der Waals surface area (Å²) in [6.45, 7) is 0. The minimum absolute atomic E-state index is 0.0448. The Morgan fingerprint density at radius 3 is 1.83 bits per heavy atom. The van der Waals surface area contributed by atoms with Crippen LogP contribution in [0, 0.1) is 0 Å². The predicted molar refractivity (Wildman–Crippen MR) is 93.3 cm³/mol. The number of carboxylic acids is 1. The van der Waals surface area contributed by atoms with Crippen molar-refractivity contribution in [3.8, 4) is 11.1 Å². The monoisotopic (exact) mass is 316 g/mol. The Morgan fingerprint density at radius 2 is 1.21 bits per heavy atom. The summed E-state index contributed by atoms with van der Waals surface area (Å²) in [5.41, 5.74) is 3.35. The van der Waals surface area contributed by atoms with Crippen LogP contribution in [0.15, 0.2) is 78.9 Å². The maximum absolute atomic E-state index is 12.4. The van der Waals surface area contributed by atoms with Crippen LogP contribution in [0.5, 0.6) is 0 Å². The highest BCUT2D eigenvalue weighted by Crippen LogP contribution is 2.20. The first-order valence-electron chi connectivity index (χ1n) is 7.65. The van der Waals surface area contributed by atoms with Crippen molar-refractivity contribution in [1.82, 2.24) is 0 Å². The highest BCUT2D eigenvalue weighted by molar-refractivity contribution is 6.06. The molecule has 0 aliphatic heterocycles. The molecule has 0 radical (unpaired) electrons. The standard InChI is InChI=1S/C21H16O3/c22-20(18-8-4-5-9-19(18)21(23)24)14-15-10-12-17(13-11-15)16-6-2-1-3-7-16/h1-13H,14H2,(H,23,24). The summed E-state index contributed by atoms with van der Waals surface area (Å²) in [6, 6.07) is 24.1. The summed E-state index contributed by atoms with van der Waals surface area (Å²) in [5.74, 6) is -1.28. The van der Waals surface area contributed by atoms with E-state index in [0.29, 0.717) is 0 Å². The molecule has 0 spiro atoms. The van der Waals surface area contributed by atoms with E-state index in [4.69, 9.17) is 0 Å². The molecule has 3 heteroatoms. The average Bonchev–Trinajstić information content (AvgIpc) is 2.63. The van der Waals surface area contributed by atoms with E-state index in [2.05, 4.69) is 0 Å². The fourth-order valence-electron chi connectivity index (χ4n) is 2.64. The zero-order valence-corrected chi connectivity index (χ0v) is 13.0. The van der Waals surface area contributed by atoms with Crippen molar-refractivity contribution in [3.05, 3.63) is 95.6 Å². The maximum atomic E-state index is 12.4. The lowest BCUT2D eigenvalue weighted by atomic mass is 9.97. The van der Waals surface area contributed by atoms with Gasteiger partial charge in [-0.3, -0.25) is 4.79 Å². The molecule has 1 N–H and O–H groups in total. The summed E-state index contributed by atoms with van der Waals surface area (Å²) in [7, 11) is 0. The molecule has 3 rings (SSSR count). The van der Waals surface area contributed by atoms with E-state index < -0.39 is 5.97 Å². The van der Waals surface area contributed by atoms with Crippen molar-refractivity contribution in [2.24, 2.45) is 0 Å². The van der Waals surface area contributed by atoms with Crippen molar-refractivity contribution in [2.75, 3.05) is 0 Å². The number of rotatable bonds is 5. The lowest BCUT2D eigenvalue weighted by molar-refractivity contribution is 0.0692. The molecule has 3 nitrogen and oxygen atoms in total. The Bertz CT molecular complexity index is 865. The van der Waals surface area contributed by atoms with E-state index in [1.807, 2.05) is 54.6 Å². The van der Waals surface area contributed by atoms with Gasteiger partial charge in [-0.2, -0.15) is 0 Å². The van der Waals surface area contributed by atoms with Gasteiger partial charge in [0.1, 0.15) is 0 Å². The lowest BCUT2D eigenvalue weighted by Gasteiger charge is -2.06. The highest BCUT2D eigenvalue weighted by Gasteiger charge is 2.15. The van der Waals surface area contributed by atoms with Crippen molar-refractivity contribution in [2.45, 2.75) is 6.42 Å². The van der Waals surface area contributed by atoms with Crippen LogP contribution in [0.2, 0.25) is 0 Å². The van der Waals surface area contributed by atoms with Crippen LogP contribution in [0.4, 0.5) is 0 Å². The molecule has 0 saturated carbocycles. The van der Waals surface area contributed by atoms with Crippen molar-refractivity contribution >= 4 is 11.8 Å². The zero-order chi connectivity index (χ0) is 16.9. The molecule has 24 heavy (non-hydrogen) atoms. The van der Waals surface area contributed by atoms with Gasteiger partial charge in [-0.15, -0.1) is 0 Å². The first-order valence-corrected chi connectivity index (χ1v) is 7.65. The number of Topliss-reactive ketones (excluding diaryl/α,β-unsaturated/α-hetero) is 1. The molecule has 0 unspecified atom stereocenters. The Hall–Kier alpha value is -3.20. The second-order valence-corrected chi connectivity index (χ2v) is 5.51. The molecule has 0 aliphatic rings. The molecule has 0 amide bonds. The number of hydrogen-bond acceptors (Lipinski definition) is 2. The van der Waals surface area contributed by atoms with Crippen molar-refractivity contribution in [3.63, 3.8) is 0 Å². The predicted octanol–water partition coefficient (Wildman–Crippen LogP) is 4.48. The summed E-state index contributed by atoms with van der Waals surface area (Å²) in [6.07, 6.45) is 0.180. The van der Waals surface area contributed by atoms with Gasteiger partial charge in [-0.1, -0.05) is 72.8 Å². The molecule has 0 saturated heterocycles. The summed E-state index contributed by atoms with van der Waals surface area (Å²) < 4.78 is 0. The van der Waals surface area contributed by atoms with Gasteiger partial charge in [0, 0.05) is 12.0 Å². The first kappa shape index (κ1) is 15.7. The number of ketones is 1. The first-order chi connectivity index (χ1) is 11.6. The van der Waals surface area contributed by atoms with Crippen LogP contribution in [0.3, 0.4) is 0 Å². The Labute approximate surface area is 140 Å². The molecule has 118 valence electrons. The molecule has 0 bridgehead atoms. The third kappa shape index (κ3) is 3.41. The van der Waals surface area contributed by atoms with Gasteiger partial charge in [0.15, 0.2) is 5.78 Å². The summed E-state index contributed by atoms with van der Waals surface area (Å²) >= 11 is 0. The molecule has 3 aromatic rings.